The van der Waals surface area contributed by atoms with Crippen LogP contribution in [0.2, 0.25) is 5.02 Å². The van der Waals surface area contributed by atoms with Crippen LogP contribution in [0.15, 0.2) is 18.2 Å². The summed E-state index contributed by atoms with van der Waals surface area (Å²) in [7, 11) is 2.58. The van der Waals surface area contributed by atoms with Crippen molar-refractivity contribution in [1.82, 2.24) is 0 Å². The van der Waals surface area contributed by atoms with Crippen LogP contribution in [0.1, 0.15) is 112 Å². The van der Waals surface area contributed by atoms with Gasteiger partial charge in [0.2, 0.25) is 0 Å². The van der Waals surface area contributed by atoms with Gasteiger partial charge in [0.25, 0.3) is 0 Å². The smallest absolute Gasteiger partial charge is 0.135 e. The molecule has 0 saturated heterocycles. The van der Waals surface area contributed by atoms with Crippen LogP contribution >= 0.6 is 20.8 Å². The summed E-state index contributed by atoms with van der Waals surface area (Å²) in [5, 5.41) is 1.88. The van der Waals surface area contributed by atoms with Crippen molar-refractivity contribution in [2.45, 2.75) is 114 Å². The molecule has 3 heteroatoms. The van der Waals surface area contributed by atoms with E-state index < -0.39 is 0 Å². The number of rotatable bonds is 9. The molecular weight excluding hydrogens is 395 g/mol. The molecule has 2 unspecified atom stereocenters. The van der Waals surface area contributed by atoms with Gasteiger partial charge in [-0.2, -0.15) is 0 Å². The highest BCUT2D eigenvalue weighted by atomic mass is 35.5. The Labute approximate surface area is 191 Å². The Kier molecular flexibility index (Phi) is 27.4. The first-order chi connectivity index (χ1) is 13.7. The highest BCUT2D eigenvalue weighted by Crippen LogP contribution is 2.14. The summed E-state index contributed by atoms with van der Waals surface area (Å²) in [6, 6.07) is 5.97. The quantitative estimate of drug-likeness (QED) is 0.347. The van der Waals surface area contributed by atoms with E-state index in [1.165, 1.54) is 44.1 Å². The van der Waals surface area contributed by atoms with Gasteiger partial charge >= 0.3 is 0 Å². The van der Waals surface area contributed by atoms with E-state index in [0.717, 1.165) is 22.7 Å². The summed E-state index contributed by atoms with van der Waals surface area (Å²) >= 11 is 5.79. The molecule has 0 amide bonds. The van der Waals surface area contributed by atoms with E-state index in [1.54, 1.807) is 0 Å². The number of benzene rings is 1. The number of Topliss-reactive ketones (excluding diaryl/α,β-unsaturated/α-hetero) is 1. The molecule has 1 aromatic rings. The minimum absolute atomic E-state index is 0.278. The van der Waals surface area contributed by atoms with Gasteiger partial charge in [0, 0.05) is 17.4 Å². The molecule has 2 atom stereocenters. The normalized spacial score (nSPS) is 10.6. The molecule has 0 saturated carbocycles. The molecule has 0 N–H and O–H groups in total. The van der Waals surface area contributed by atoms with E-state index in [2.05, 4.69) is 30.0 Å². The molecule has 0 heterocycles. The zero-order valence-electron chi connectivity index (χ0n) is 20.9. The minimum atomic E-state index is 0.278. The Balaban J connectivity index is -0.000000336. The fraction of sp³-hybridized carbons (Fsp3) is 0.731. The van der Waals surface area contributed by atoms with Gasteiger partial charge in [-0.15, -0.1) is 9.24 Å². The highest BCUT2D eigenvalue weighted by Gasteiger charge is 2.05. The van der Waals surface area contributed by atoms with Crippen molar-refractivity contribution in [2.75, 3.05) is 0 Å². The Hall–Kier alpha value is -0.390. The summed E-state index contributed by atoms with van der Waals surface area (Å²) in [4.78, 5) is 10.7. The van der Waals surface area contributed by atoms with E-state index in [1.807, 2.05) is 59.7 Å². The Morgan fingerprint density at radius 1 is 1.00 bits per heavy atom. The number of halogens is 1. The Morgan fingerprint density at radius 2 is 1.48 bits per heavy atom. The van der Waals surface area contributed by atoms with E-state index in [4.69, 9.17) is 11.6 Å². The fourth-order valence-corrected chi connectivity index (χ4v) is 2.87. The summed E-state index contributed by atoms with van der Waals surface area (Å²) in [6.45, 7) is 18.9. The van der Waals surface area contributed by atoms with Crippen LogP contribution in [0.3, 0.4) is 0 Å². The third-order valence-electron chi connectivity index (χ3n) is 4.77. The van der Waals surface area contributed by atoms with Gasteiger partial charge in [-0.05, 0) is 36.2 Å². The minimum Gasteiger partial charge on any atom is -0.299 e. The topological polar surface area (TPSA) is 17.1 Å². The van der Waals surface area contributed by atoms with Crippen molar-refractivity contribution in [3.63, 3.8) is 0 Å². The maximum atomic E-state index is 10.7. The third-order valence-corrected chi connectivity index (χ3v) is 5.78. The molecule has 0 aromatic heterocycles. The molecular formula is C26H50ClOP. The molecule has 0 aliphatic heterocycles. The van der Waals surface area contributed by atoms with Gasteiger partial charge in [0.05, 0.1) is 0 Å². The number of carbonyl (C=O) groups excluding carboxylic acids is 1. The van der Waals surface area contributed by atoms with Gasteiger partial charge in [0.15, 0.2) is 0 Å². The standard InChI is InChI=1S/C10H22.C7H8ClP.C7H14O.C2H6/c1-4-6-8-10(3)9-7-5-2;1-5-2-3-7(9)6(8)4-5;1-4-6(3)7(8)5-2;1-2/h10H,4-9H2,1-3H3;2-4H,9H2,1H3;6H,4-5H2,1-3H3;1-2H3. The molecule has 0 fully saturated rings. The van der Waals surface area contributed by atoms with E-state index >= 15 is 0 Å². The van der Waals surface area contributed by atoms with Crippen LogP contribution in [0.5, 0.6) is 0 Å². The molecule has 172 valence electrons. The second kappa shape index (κ2) is 23.9. The first-order valence-corrected chi connectivity index (χ1v) is 12.7. The van der Waals surface area contributed by atoms with E-state index in [-0.39, 0.29) is 5.92 Å². The predicted octanol–water partition coefficient (Wildman–Crippen LogP) is 9.19. The number of unbranched alkanes of at least 4 members (excludes halogenated alkanes) is 2. The zero-order chi connectivity index (χ0) is 23.2. The van der Waals surface area contributed by atoms with Crippen LogP contribution < -0.4 is 5.30 Å². The molecule has 0 aliphatic rings. The second-order valence-electron chi connectivity index (χ2n) is 7.54. The SMILES string of the molecule is CC.CCC(=O)C(C)CC.CCCCC(C)CCCC.Cc1ccc(P)c(Cl)c1. The number of hydrogen-bond donors (Lipinski definition) is 0. The summed E-state index contributed by atoms with van der Waals surface area (Å²) in [5.74, 6) is 1.63. The average molecular weight is 445 g/mol. The van der Waals surface area contributed by atoms with Gasteiger partial charge in [-0.3, -0.25) is 4.79 Å². The second-order valence-corrected chi connectivity index (χ2v) is 8.57. The predicted molar refractivity (Wildman–Crippen MR) is 140 cm³/mol. The summed E-state index contributed by atoms with van der Waals surface area (Å²) in [5.41, 5.74) is 1.20. The van der Waals surface area contributed by atoms with Crippen LogP contribution in [-0.4, -0.2) is 5.78 Å². The molecule has 0 radical (unpaired) electrons. The van der Waals surface area contributed by atoms with Crippen LogP contribution in [0.4, 0.5) is 0 Å². The Morgan fingerprint density at radius 3 is 1.76 bits per heavy atom. The molecule has 0 spiro atoms. The monoisotopic (exact) mass is 444 g/mol. The van der Waals surface area contributed by atoms with Gasteiger partial charge in [-0.1, -0.05) is 118 Å². The lowest BCUT2D eigenvalue weighted by atomic mass is 9.98. The lowest BCUT2D eigenvalue weighted by molar-refractivity contribution is -0.122. The zero-order valence-corrected chi connectivity index (χ0v) is 22.8. The van der Waals surface area contributed by atoms with Crippen molar-refractivity contribution in [1.29, 1.82) is 0 Å². The van der Waals surface area contributed by atoms with E-state index in [0.29, 0.717) is 12.2 Å². The van der Waals surface area contributed by atoms with Crippen LogP contribution in [-0.2, 0) is 4.79 Å². The van der Waals surface area contributed by atoms with E-state index in [9.17, 15) is 4.79 Å². The summed E-state index contributed by atoms with van der Waals surface area (Å²) in [6.07, 6.45) is 10.1. The number of carbonyl (C=O) groups is 1. The van der Waals surface area contributed by atoms with Crippen molar-refractivity contribution >= 4 is 31.9 Å². The van der Waals surface area contributed by atoms with Crippen LogP contribution in [0, 0.1) is 18.8 Å². The molecule has 1 rings (SSSR count). The molecule has 1 nitrogen and oxygen atoms in total. The lowest BCUT2D eigenvalue weighted by Crippen LogP contribution is -2.06. The highest BCUT2D eigenvalue weighted by molar-refractivity contribution is 7.28. The van der Waals surface area contributed by atoms with Crippen molar-refractivity contribution < 1.29 is 4.79 Å². The molecule has 0 bridgehead atoms. The van der Waals surface area contributed by atoms with Gasteiger partial charge in [-0.25, -0.2) is 0 Å². The number of ketones is 1. The largest absolute Gasteiger partial charge is 0.299 e. The fourth-order valence-electron chi connectivity index (χ4n) is 2.46. The maximum absolute atomic E-state index is 10.7. The maximum Gasteiger partial charge on any atom is 0.135 e. The van der Waals surface area contributed by atoms with Gasteiger partial charge < -0.3 is 0 Å². The van der Waals surface area contributed by atoms with Crippen molar-refractivity contribution in [3.8, 4) is 0 Å². The molecule has 29 heavy (non-hydrogen) atoms. The van der Waals surface area contributed by atoms with Crippen LogP contribution in [0.25, 0.3) is 0 Å². The lowest BCUT2D eigenvalue weighted by Gasteiger charge is -2.08. The average Bonchev–Trinajstić information content (AvgIpc) is 2.74. The summed E-state index contributed by atoms with van der Waals surface area (Å²) < 4.78 is 0. The third kappa shape index (κ3) is 22.1. The first kappa shape index (κ1) is 33.3. The van der Waals surface area contributed by atoms with Crippen molar-refractivity contribution in [3.05, 3.63) is 28.8 Å². The molecule has 0 aliphatic carbocycles. The first-order valence-electron chi connectivity index (χ1n) is 11.8. The van der Waals surface area contributed by atoms with Gasteiger partial charge in [0.1, 0.15) is 5.78 Å². The Bertz CT molecular complexity index is 480. The van der Waals surface area contributed by atoms with Crippen molar-refractivity contribution in [2.24, 2.45) is 11.8 Å². The molecule has 1 aromatic carbocycles. The number of hydrogen-bond acceptors (Lipinski definition) is 1. The number of aryl methyl sites for hydroxylation is 1.